The number of aliphatic hydroxyl groups excluding tert-OH is 2. The third-order valence-electron chi connectivity index (χ3n) is 1.84. The summed E-state index contributed by atoms with van der Waals surface area (Å²) in [6.07, 6.45) is 2.07. The summed E-state index contributed by atoms with van der Waals surface area (Å²) in [5.74, 6) is 0. The van der Waals surface area contributed by atoms with Crippen LogP contribution in [0.1, 0.15) is 0 Å². The van der Waals surface area contributed by atoms with Crippen molar-refractivity contribution in [3.8, 4) is 0 Å². The lowest BCUT2D eigenvalue weighted by atomic mass is 10.3. The van der Waals surface area contributed by atoms with Gasteiger partial charge in [0.05, 0.1) is 32.5 Å². The van der Waals surface area contributed by atoms with Crippen LogP contribution in [0.25, 0.3) is 0 Å². The third kappa shape index (κ3) is 11.5. The van der Waals surface area contributed by atoms with E-state index in [4.69, 9.17) is 9.47 Å². The Hall–Kier alpha value is -0.720. The Balaban J connectivity index is 3.35. The van der Waals surface area contributed by atoms with Crippen molar-refractivity contribution in [3.63, 3.8) is 0 Å². The third-order valence-corrected chi connectivity index (χ3v) is 1.84. The van der Waals surface area contributed by atoms with Crippen molar-refractivity contribution in [2.24, 2.45) is 0 Å². The van der Waals surface area contributed by atoms with Crippen LogP contribution in [0.4, 0.5) is 0 Å². The molecule has 17 heavy (non-hydrogen) atoms. The molecular formula is C12H23NO4. The maximum absolute atomic E-state index is 9.45. The van der Waals surface area contributed by atoms with Gasteiger partial charge in [0, 0.05) is 13.1 Å². The van der Waals surface area contributed by atoms with Crippen LogP contribution >= 0.6 is 0 Å². The summed E-state index contributed by atoms with van der Waals surface area (Å²) < 4.78 is 10.2. The van der Waals surface area contributed by atoms with Crippen LogP contribution in [0.5, 0.6) is 0 Å². The van der Waals surface area contributed by atoms with Crippen LogP contribution in [-0.4, -0.2) is 61.9 Å². The lowest BCUT2D eigenvalue weighted by Crippen LogP contribution is -2.32. The van der Waals surface area contributed by atoms with Crippen LogP contribution in [0, 0.1) is 0 Å². The molecule has 0 amide bonds. The number of hydrogen-bond donors (Lipinski definition) is 3. The zero-order valence-corrected chi connectivity index (χ0v) is 10.2. The molecule has 2 unspecified atom stereocenters. The molecule has 0 spiro atoms. The van der Waals surface area contributed by atoms with E-state index in [0.717, 1.165) is 0 Å². The van der Waals surface area contributed by atoms with Crippen molar-refractivity contribution in [2.45, 2.75) is 12.2 Å². The van der Waals surface area contributed by atoms with E-state index in [1.165, 1.54) is 0 Å². The van der Waals surface area contributed by atoms with Gasteiger partial charge in [-0.1, -0.05) is 12.2 Å². The first-order valence-corrected chi connectivity index (χ1v) is 5.64. The van der Waals surface area contributed by atoms with E-state index in [1.54, 1.807) is 12.2 Å². The molecule has 5 heteroatoms. The van der Waals surface area contributed by atoms with Gasteiger partial charge in [0.15, 0.2) is 0 Å². The topological polar surface area (TPSA) is 71.0 Å². The van der Waals surface area contributed by atoms with Crippen LogP contribution < -0.4 is 5.32 Å². The molecule has 0 bridgehead atoms. The van der Waals surface area contributed by atoms with Gasteiger partial charge in [-0.05, 0) is 0 Å². The van der Waals surface area contributed by atoms with Crippen LogP contribution in [0.2, 0.25) is 0 Å². The molecule has 0 aliphatic heterocycles. The first-order valence-electron chi connectivity index (χ1n) is 5.64. The fourth-order valence-corrected chi connectivity index (χ4v) is 1.09. The Labute approximate surface area is 103 Å². The minimum absolute atomic E-state index is 0.148. The Morgan fingerprint density at radius 2 is 1.65 bits per heavy atom. The van der Waals surface area contributed by atoms with E-state index in [-0.39, 0.29) is 19.8 Å². The zero-order valence-electron chi connectivity index (χ0n) is 10.2. The van der Waals surface area contributed by atoms with Crippen molar-refractivity contribution in [3.05, 3.63) is 25.3 Å². The number of ether oxygens (including phenoxy) is 2. The van der Waals surface area contributed by atoms with E-state index in [9.17, 15) is 10.2 Å². The van der Waals surface area contributed by atoms with Crippen molar-refractivity contribution >= 4 is 0 Å². The second-order valence-corrected chi connectivity index (χ2v) is 3.62. The minimum Gasteiger partial charge on any atom is -0.389 e. The normalized spacial score (nSPS) is 14.2. The lowest BCUT2D eigenvalue weighted by Gasteiger charge is -2.14. The molecule has 0 heterocycles. The Morgan fingerprint density at radius 3 is 2.29 bits per heavy atom. The lowest BCUT2D eigenvalue weighted by molar-refractivity contribution is -0.0350. The second kappa shape index (κ2) is 11.8. The number of aliphatic hydroxyl groups is 2. The van der Waals surface area contributed by atoms with E-state index in [0.29, 0.717) is 19.7 Å². The van der Waals surface area contributed by atoms with E-state index in [1.807, 2.05) is 0 Å². The largest absolute Gasteiger partial charge is 0.389 e. The molecule has 0 saturated carbocycles. The van der Waals surface area contributed by atoms with E-state index in [2.05, 4.69) is 18.5 Å². The second-order valence-electron chi connectivity index (χ2n) is 3.62. The molecule has 0 aromatic heterocycles. The summed E-state index contributed by atoms with van der Waals surface area (Å²) in [6.45, 7) is 9.07. The Bertz CT molecular complexity index is 179. The molecule has 0 aromatic rings. The van der Waals surface area contributed by atoms with Crippen molar-refractivity contribution in [1.82, 2.24) is 5.32 Å². The highest BCUT2D eigenvalue weighted by molar-refractivity contribution is 4.71. The van der Waals surface area contributed by atoms with Crippen molar-refractivity contribution in [1.29, 1.82) is 0 Å². The predicted octanol–water partition coefficient (Wildman–Crippen LogP) is -0.297. The molecule has 2 atom stereocenters. The summed E-state index contributed by atoms with van der Waals surface area (Å²) in [4.78, 5) is 0. The average Bonchev–Trinajstić information content (AvgIpc) is 2.30. The maximum atomic E-state index is 9.45. The highest BCUT2D eigenvalue weighted by Gasteiger charge is 2.07. The van der Waals surface area contributed by atoms with Crippen LogP contribution in [0.3, 0.4) is 0 Å². The molecule has 0 aliphatic carbocycles. The van der Waals surface area contributed by atoms with E-state index >= 15 is 0 Å². The van der Waals surface area contributed by atoms with Crippen molar-refractivity contribution < 1.29 is 19.7 Å². The van der Waals surface area contributed by atoms with Gasteiger partial charge in [-0.25, -0.2) is 0 Å². The summed E-state index contributed by atoms with van der Waals surface area (Å²) in [5.41, 5.74) is 0. The fraction of sp³-hybridized carbons (Fsp3) is 0.667. The molecule has 0 aliphatic rings. The Kier molecular flexibility index (Phi) is 11.3. The van der Waals surface area contributed by atoms with Gasteiger partial charge in [-0.15, -0.1) is 13.2 Å². The first kappa shape index (κ1) is 16.3. The summed E-state index contributed by atoms with van der Waals surface area (Å²) in [6, 6.07) is 0. The van der Waals surface area contributed by atoms with Crippen LogP contribution in [0.15, 0.2) is 25.3 Å². The molecule has 3 N–H and O–H groups in total. The molecular weight excluding hydrogens is 222 g/mol. The van der Waals surface area contributed by atoms with Gasteiger partial charge in [0.25, 0.3) is 0 Å². The van der Waals surface area contributed by atoms with Gasteiger partial charge in [-0.3, -0.25) is 0 Å². The molecule has 0 rings (SSSR count). The highest BCUT2D eigenvalue weighted by atomic mass is 16.5. The molecule has 0 saturated heterocycles. The fourth-order valence-electron chi connectivity index (χ4n) is 1.09. The van der Waals surface area contributed by atoms with Crippen molar-refractivity contribution in [2.75, 3.05) is 39.5 Å². The molecule has 100 valence electrons. The summed E-state index contributed by atoms with van der Waals surface area (Å²) in [5, 5.41) is 21.8. The summed E-state index contributed by atoms with van der Waals surface area (Å²) >= 11 is 0. The van der Waals surface area contributed by atoms with Crippen LogP contribution in [-0.2, 0) is 9.47 Å². The SMILES string of the molecule is C=CCNCC(O)COCC(O)COCC=C. The average molecular weight is 245 g/mol. The van der Waals surface area contributed by atoms with Gasteiger partial charge in [0.1, 0.15) is 6.10 Å². The number of rotatable bonds is 12. The zero-order chi connectivity index (χ0) is 12.9. The molecule has 5 nitrogen and oxygen atoms in total. The Morgan fingerprint density at radius 1 is 1.00 bits per heavy atom. The smallest absolute Gasteiger partial charge is 0.101 e. The monoisotopic (exact) mass is 245 g/mol. The maximum Gasteiger partial charge on any atom is 0.101 e. The first-order chi connectivity index (χ1) is 8.20. The predicted molar refractivity (Wildman–Crippen MR) is 66.9 cm³/mol. The number of hydrogen-bond acceptors (Lipinski definition) is 5. The summed E-state index contributed by atoms with van der Waals surface area (Å²) in [7, 11) is 0. The number of nitrogens with one attached hydrogen (secondary N) is 1. The van der Waals surface area contributed by atoms with Gasteiger partial charge >= 0.3 is 0 Å². The quantitative estimate of drug-likeness (QED) is 0.325. The van der Waals surface area contributed by atoms with Gasteiger partial charge in [-0.2, -0.15) is 0 Å². The van der Waals surface area contributed by atoms with Gasteiger partial charge in [0.2, 0.25) is 0 Å². The molecule has 0 fully saturated rings. The highest BCUT2D eigenvalue weighted by Crippen LogP contribution is 1.90. The minimum atomic E-state index is -0.678. The molecule has 0 aromatic carbocycles. The van der Waals surface area contributed by atoms with E-state index < -0.39 is 12.2 Å². The molecule has 0 radical (unpaired) electrons. The van der Waals surface area contributed by atoms with Gasteiger partial charge < -0.3 is 25.0 Å². The standard InChI is InChI=1S/C12H23NO4/c1-3-5-13-7-11(14)8-17-10-12(15)9-16-6-4-2/h3-4,11-15H,1-2,5-10H2.